The maximum atomic E-state index is 14.7. The fourth-order valence-electron chi connectivity index (χ4n) is 5.44. The van der Waals surface area contributed by atoms with Crippen molar-refractivity contribution in [3.05, 3.63) is 111 Å². The maximum Gasteiger partial charge on any atom is 0.251 e. The lowest BCUT2D eigenvalue weighted by atomic mass is 9.83. The molecule has 4 aromatic rings. The molecule has 0 fully saturated rings. The van der Waals surface area contributed by atoms with E-state index in [9.17, 15) is 9.18 Å². The number of halogens is 1. The average molecular weight is 496 g/mol. The van der Waals surface area contributed by atoms with Gasteiger partial charge in [0.15, 0.2) is 0 Å². The number of fused-ring (bicyclic) bond motifs is 8. The lowest BCUT2D eigenvalue weighted by Gasteiger charge is -2.18. The number of nitrogens with zero attached hydrogens (tertiary/aromatic N) is 1. The second kappa shape index (κ2) is 8.71. The summed E-state index contributed by atoms with van der Waals surface area (Å²) in [5.74, 6) is 0.430. The highest BCUT2D eigenvalue weighted by Crippen LogP contribution is 2.54. The van der Waals surface area contributed by atoms with E-state index in [1.165, 1.54) is 13.2 Å². The standard InChI is InChI=1S/C30H26FN3O3/c1-15-10-27(32)34-16(2)25(15)14-33-30(35)18-5-8-22-24(12-18)29-23-11-17(4-7-21(23)28(22)37-29)20-9-6-19(36-3)13-26(20)31/h4-13,28-29H,14H2,1-3H3,(H2,32,34)(H,33,35). The predicted molar refractivity (Wildman–Crippen MR) is 139 cm³/mol. The Morgan fingerprint density at radius 2 is 1.73 bits per heavy atom. The second-order valence-electron chi connectivity index (χ2n) is 9.54. The summed E-state index contributed by atoms with van der Waals surface area (Å²) in [5.41, 5.74) is 14.5. The number of rotatable bonds is 5. The third-order valence-corrected chi connectivity index (χ3v) is 7.32. The molecule has 0 aliphatic carbocycles. The third kappa shape index (κ3) is 3.83. The number of benzene rings is 3. The van der Waals surface area contributed by atoms with Crippen LogP contribution >= 0.6 is 0 Å². The topological polar surface area (TPSA) is 86.5 Å². The number of nitrogen functional groups attached to an aromatic ring is 1. The highest BCUT2D eigenvalue weighted by molar-refractivity contribution is 5.94. The van der Waals surface area contributed by atoms with Crippen molar-refractivity contribution in [3.8, 4) is 16.9 Å². The van der Waals surface area contributed by atoms with Crippen molar-refractivity contribution < 1.29 is 18.7 Å². The van der Waals surface area contributed by atoms with Crippen LogP contribution in [0.4, 0.5) is 10.2 Å². The lowest BCUT2D eigenvalue weighted by molar-refractivity contribution is 0.0857. The smallest absolute Gasteiger partial charge is 0.251 e. The van der Waals surface area contributed by atoms with Crippen LogP contribution in [0.1, 0.15) is 61.6 Å². The Morgan fingerprint density at radius 3 is 2.46 bits per heavy atom. The molecule has 2 bridgehead atoms. The van der Waals surface area contributed by atoms with Gasteiger partial charge in [0.1, 0.15) is 29.6 Å². The zero-order valence-corrected chi connectivity index (χ0v) is 20.8. The Labute approximate surface area is 214 Å². The predicted octanol–water partition coefficient (Wildman–Crippen LogP) is 5.55. The molecular weight excluding hydrogens is 469 g/mol. The Bertz CT molecular complexity index is 1560. The first-order valence-corrected chi connectivity index (χ1v) is 12.1. The first-order valence-electron chi connectivity index (χ1n) is 12.1. The molecule has 1 aromatic heterocycles. The van der Waals surface area contributed by atoms with Gasteiger partial charge in [0.25, 0.3) is 5.91 Å². The van der Waals surface area contributed by atoms with Crippen molar-refractivity contribution in [2.75, 3.05) is 12.8 Å². The summed E-state index contributed by atoms with van der Waals surface area (Å²) in [6.07, 6.45) is -0.483. The van der Waals surface area contributed by atoms with Crippen molar-refractivity contribution in [2.45, 2.75) is 32.6 Å². The van der Waals surface area contributed by atoms with Gasteiger partial charge in [-0.1, -0.05) is 18.2 Å². The number of carbonyl (C=O) groups is 1. The molecule has 2 aliphatic rings. The molecule has 2 unspecified atom stereocenters. The van der Waals surface area contributed by atoms with Gasteiger partial charge in [-0.05, 0) is 89.2 Å². The Kier molecular flexibility index (Phi) is 5.46. The minimum atomic E-state index is -0.343. The van der Waals surface area contributed by atoms with Gasteiger partial charge in [0.2, 0.25) is 0 Å². The van der Waals surface area contributed by atoms with E-state index in [4.69, 9.17) is 15.2 Å². The maximum absolute atomic E-state index is 14.7. The van der Waals surface area contributed by atoms with Gasteiger partial charge < -0.3 is 20.5 Å². The summed E-state index contributed by atoms with van der Waals surface area (Å²) >= 11 is 0. The number of carbonyl (C=O) groups excluding carboxylic acids is 1. The summed E-state index contributed by atoms with van der Waals surface area (Å²) in [5, 5.41) is 3.00. The van der Waals surface area contributed by atoms with E-state index in [-0.39, 0.29) is 23.9 Å². The molecule has 6 rings (SSSR count). The monoisotopic (exact) mass is 495 g/mol. The summed E-state index contributed by atoms with van der Waals surface area (Å²) in [6.45, 7) is 4.21. The zero-order valence-electron chi connectivity index (χ0n) is 20.8. The van der Waals surface area contributed by atoms with E-state index < -0.39 is 0 Å². The van der Waals surface area contributed by atoms with Gasteiger partial charge >= 0.3 is 0 Å². The quantitative estimate of drug-likeness (QED) is 0.379. The Hall–Kier alpha value is -4.23. The summed E-state index contributed by atoms with van der Waals surface area (Å²) in [7, 11) is 1.51. The molecule has 2 aliphatic heterocycles. The van der Waals surface area contributed by atoms with E-state index in [1.807, 2.05) is 56.3 Å². The largest absolute Gasteiger partial charge is 0.497 e. The van der Waals surface area contributed by atoms with Crippen LogP contribution in [0.5, 0.6) is 5.75 Å². The number of amides is 1. The molecule has 0 saturated heterocycles. The van der Waals surface area contributed by atoms with Gasteiger partial charge in [-0.3, -0.25) is 4.79 Å². The van der Waals surface area contributed by atoms with Gasteiger partial charge in [0, 0.05) is 29.4 Å². The van der Waals surface area contributed by atoms with Crippen LogP contribution in [0.3, 0.4) is 0 Å². The number of aryl methyl sites for hydroxylation is 2. The molecule has 37 heavy (non-hydrogen) atoms. The number of ether oxygens (including phenoxy) is 2. The molecule has 186 valence electrons. The minimum Gasteiger partial charge on any atom is -0.497 e. The Balaban J connectivity index is 1.26. The second-order valence-corrected chi connectivity index (χ2v) is 9.54. The van der Waals surface area contributed by atoms with Gasteiger partial charge in [0.05, 0.1) is 7.11 Å². The fraction of sp³-hybridized carbons (Fsp3) is 0.200. The molecule has 0 radical (unpaired) electrons. The van der Waals surface area contributed by atoms with Gasteiger partial charge in [-0.25, -0.2) is 9.37 Å². The number of hydrogen-bond donors (Lipinski definition) is 2. The number of aromatic nitrogens is 1. The first-order chi connectivity index (χ1) is 17.8. The number of methoxy groups -OCH3 is 1. The molecule has 7 heteroatoms. The zero-order chi connectivity index (χ0) is 25.8. The fourth-order valence-corrected chi connectivity index (χ4v) is 5.44. The van der Waals surface area contributed by atoms with Crippen LogP contribution in [0.2, 0.25) is 0 Å². The summed E-state index contributed by atoms with van der Waals surface area (Å²) in [4.78, 5) is 17.3. The van der Waals surface area contributed by atoms with Crippen LogP contribution in [-0.2, 0) is 11.3 Å². The number of nitrogens with one attached hydrogen (secondary N) is 1. The molecular formula is C30H26FN3O3. The molecule has 6 nitrogen and oxygen atoms in total. The first kappa shape index (κ1) is 23.2. The molecule has 2 atom stereocenters. The molecule has 3 heterocycles. The van der Waals surface area contributed by atoms with Crippen molar-refractivity contribution in [1.29, 1.82) is 0 Å². The Morgan fingerprint density at radius 1 is 1.00 bits per heavy atom. The highest BCUT2D eigenvalue weighted by atomic mass is 19.1. The molecule has 3 aromatic carbocycles. The molecule has 0 saturated carbocycles. The highest BCUT2D eigenvalue weighted by Gasteiger charge is 2.43. The van der Waals surface area contributed by atoms with Crippen molar-refractivity contribution in [3.63, 3.8) is 0 Å². The van der Waals surface area contributed by atoms with E-state index in [0.29, 0.717) is 29.2 Å². The van der Waals surface area contributed by atoms with Crippen LogP contribution in [-0.4, -0.2) is 18.0 Å². The molecule has 0 spiro atoms. The SMILES string of the molecule is COc1ccc(-c2ccc3c(c2)C2OC3c3ccc(C(=O)NCc4c(C)cc(N)nc4C)cc32)c(F)c1. The van der Waals surface area contributed by atoms with Crippen LogP contribution < -0.4 is 15.8 Å². The third-order valence-electron chi connectivity index (χ3n) is 7.32. The van der Waals surface area contributed by atoms with E-state index in [2.05, 4.69) is 10.3 Å². The van der Waals surface area contributed by atoms with Crippen molar-refractivity contribution >= 4 is 11.7 Å². The summed E-state index contributed by atoms with van der Waals surface area (Å²) < 4.78 is 26.2. The molecule has 3 N–H and O–H groups in total. The number of pyridine rings is 1. The minimum absolute atomic E-state index is 0.171. The van der Waals surface area contributed by atoms with E-state index in [1.54, 1.807) is 12.1 Å². The van der Waals surface area contributed by atoms with Crippen LogP contribution in [0.25, 0.3) is 11.1 Å². The number of hydrogen-bond acceptors (Lipinski definition) is 5. The van der Waals surface area contributed by atoms with Crippen molar-refractivity contribution in [2.24, 2.45) is 0 Å². The summed E-state index contributed by atoms with van der Waals surface area (Å²) in [6, 6.07) is 18.3. The van der Waals surface area contributed by atoms with Gasteiger partial charge in [-0.15, -0.1) is 0 Å². The molecule has 1 amide bonds. The van der Waals surface area contributed by atoms with Crippen molar-refractivity contribution in [1.82, 2.24) is 10.3 Å². The number of anilines is 1. The van der Waals surface area contributed by atoms with Gasteiger partial charge in [-0.2, -0.15) is 0 Å². The van der Waals surface area contributed by atoms with E-state index in [0.717, 1.165) is 44.6 Å². The van der Waals surface area contributed by atoms with E-state index >= 15 is 0 Å². The average Bonchev–Trinajstić information content (AvgIpc) is 3.44. The van der Waals surface area contributed by atoms with Crippen LogP contribution in [0.15, 0.2) is 60.7 Å². The lowest BCUT2D eigenvalue weighted by Crippen LogP contribution is -2.24. The normalized spacial score (nSPS) is 16.9. The van der Waals surface area contributed by atoms with Crippen LogP contribution in [0, 0.1) is 19.7 Å². The number of nitrogens with two attached hydrogens (primary N) is 1.